The summed E-state index contributed by atoms with van der Waals surface area (Å²) in [6, 6.07) is 6.10. The summed E-state index contributed by atoms with van der Waals surface area (Å²) < 4.78 is 6.25. The Morgan fingerprint density at radius 2 is 0.782 bits per heavy atom. The summed E-state index contributed by atoms with van der Waals surface area (Å²) in [5.41, 5.74) is 13.6. The molecule has 0 aliphatic rings. The summed E-state index contributed by atoms with van der Waals surface area (Å²) in [7, 11) is 6.64. The fourth-order valence-corrected chi connectivity index (χ4v) is 5.50. The van der Waals surface area contributed by atoms with Crippen LogP contribution in [0.2, 0.25) is 0 Å². The maximum atomic E-state index is 13.0. The number of aromatic nitrogens is 4. The molecule has 6 amide bonds. The van der Waals surface area contributed by atoms with Gasteiger partial charge in [-0.15, -0.1) is 0 Å². The Labute approximate surface area is 316 Å². The summed E-state index contributed by atoms with van der Waals surface area (Å²) in [6.07, 6.45) is 7.33. The first-order valence-corrected chi connectivity index (χ1v) is 17.2. The van der Waals surface area contributed by atoms with Crippen molar-refractivity contribution >= 4 is 69.9 Å². The number of amides is 6. The first-order valence-electron chi connectivity index (χ1n) is 17.2. The average molecular weight is 761 g/mol. The van der Waals surface area contributed by atoms with E-state index < -0.39 is 11.8 Å². The third-order valence-electron chi connectivity index (χ3n) is 8.24. The van der Waals surface area contributed by atoms with Crippen LogP contribution in [0.15, 0.2) is 49.1 Å². The second-order valence-corrected chi connectivity index (χ2v) is 12.9. The van der Waals surface area contributed by atoms with E-state index in [9.17, 15) is 28.8 Å². The van der Waals surface area contributed by atoms with Crippen LogP contribution in [-0.2, 0) is 37.8 Å². The van der Waals surface area contributed by atoms with Crippen molar-refractivity contribution in [2.24, 2.45) is 39.7 Å². The molecule has 4 rings (SSSR count). The molecule has 0 saturated carbocycles. The molecule has 0 saturated heterocycles. The highest BCUT2D eigenvalue weighted by Crippen LogP contribution is 2.20. The van der Waals surface area contributed by atoms with Crippen molar-refractivity contribution in [2.45, 2.75) is 32.1 Å². The highest BCUT2D eigenvalue weighted by Gasteiger charge is 2.19. The fraction of sp³-hybridized carbons (Fsp3) is 0.314. The maximum Gasteiger partial charge on any atom is 0.272 e. The number of nitrogens with one attached hydrogen (secondary N) is 6. The Kier molecular flexibility index (Phi) is 13.4. The number of aryl methyl sites for hydroxylation is 4. The van der Waals surface area contributed by atoms with Gasteiger partial charge in [0.25, 0.3) is 23.6 Å². The molecule has 4 aromatic heterocycles. The molecule has 20 nitrogen and oxygen atoms in total. The highest BCUT2D eigenvalue weighted by atomic mass is 16.2. The van der Waals surface area contributed by atoms with E-state index in [0.29, 0.717) is 47.0 Å². The molecule has 0 unspecified atom stereocenters. The minimum atomic E-state index is -0.456. The Hall–Kier alpha value is -7.12. The molecule has 0 bridgehead atoms. The van der Waals surface area contributed by atoms with Crippen LogP contribution in [0.25, 0.3) is 0 Å². The van der Waals surface area contributed by atoms with Crippen molar-refractivity contribution in [2.75, 3.05) is 34.4 Å². The monoisotopic (exact) mass is 760 g/mol. The van der Waals surface area contributed by atoms with Crippen LogP contribution in [-0.4, -0.2) is 78.5 Å². The van der Waals surface area contributed by atoms with Gasteiger partial charge in [-0.05, 0) is 30.7 Å². The molecule has 55 heavy (non-hydrogen) atoms. The van der Waals surface area contributed by atoms with Gasteiger partial charge in [-0.1, -0.05) is 0 Å². The number of nitrogens with zero attached hydrogens (tertiary/aromatic N) is 4. The van der Waals surface area contributed by atoms with E-state index >= 15 is 0 Å². The zero-order chi connectivity index (χ0) is 40.4. The molecule has 0 aliphatic carbocycles. The fourth-order valence-electron chi connectivity index (χ4n) is 5.50. The maximum absolute atomic E-state index is 13.0. The third-order valence-corrected chi connectivity index (χ3v) is 8.24. The van der Waals surface area contributed by atoms with Crippen molar-refractivity contribution in [3.8, 4) is 0 Å². The third kappa shape index (κ3) is 11.4. The normalized spacial score (nSPS) is 10.7. The Morgan fingerprint density at radius 1 is 0.491 bits per heavy atom. The first kappa shape index (κ1) is 40.6. The summed E-state index contributed by atoms with van der Waals surface area (Å²) >= 11 is 0. The van der Waals surface area contributed by atoms with E-state index in [2.05, 4.69) is 31.9 Å². The summed E-state index contributed by atoms with van der Waals surface area (Å²) in [5, 5.41) is 27.3. The average Bonchev–Trinajstić information content (AvgIpc) is 3.85. The lowest BCUT2D eigenvalue weighted by Gasteiger charge is -2.04. The number of hydrogen-bond acceptors (Lipinski definition) is 6. The van der Waals surface area contributed by atoms with E-state index in [0.717, 1.165) is 0 Å². The molecule has 0 radical (unpaired) electrons. The Morgan fingerprint density at radius 3 is 1.09 bits per heavy atom. The molecule has 4 heterocycles. The van der Waals surface area contributed by atoms with Gasteiger partial charge in [-0.25, -0.2) is 0 Å². The lowest BCUT2D eigenvalue weighted by atomic mass is 10.2. The minimum Gasteiger partial charge on any atom is -0.350 e. The van der Waals surface area contributed by atoms with Crippen molar-refractivity contribution in [3.63, 3.8) is 0 Å². The largest absolute Gasteiger partial charge is 0.350 e. The van der Waals surface area contributed by atoms with E-state index in [1.165, 1.54) is 24.3 Å². The van der Waals surface area contributed by atoms with Crippen LogP contribution >= 0.6 is 0 Å². The Bertz CT molecular complexity index is 1990. The Balaban J connectivity index is 1.22. The molecule has 0 spiro atoms. The molecular weight excluding hydrogens is 712 g/mol. The van der Waals surface area contributed by atoms with Crippen LogP contribution in [0, 0.1) is 0 Å². The molecule has 0 aliphatic heterocycles. The smallest absolute Gasteiger partial charge is 0.272 e. The van der Waals surface area contributed by atoms with Gasteiger partial charge in [0.2, 0.25) is 23.5 Å². The second-order valence-electron chi connectivity index (χ2n) is 12.9. The van der Waals surface area contributed by atoms with E-state index in [1.54, 1.807) is 71.2 Å². The summed E-state index contributed by atoms with van der Waals surface area (Å²) in [4.78, 5) is 76.3. The SMILES string of the molecule is Cn1cc(NC(=O)c2cc(NC(=O)CCCC(=O)Nc3cc(C(=O)Nc4cc(C(=O)NCCC(N)=[NH2+])n(C)c4)n(C)c3)cn2C)cc1C(=O)NCCC(N)=[NH2+]. The van der Waals surface area contributed by atoms with Gasteiger partial charge < -0.3 is 50.2 Å². The van der Waals surface area contributed by atoms with Gasteiger partial charge in [0.1, 0.15) is 22.8 Å². The van der Waals surface area contributed by atoms with Crippen LogP contribution < -0.4 is 54.2 Å². The van der Waals surface area contributed by atoms with Crippen molar-refractivity contribution in [1.82, 2.24) is 28.9 Å². The number of nitrogens with two attached hydrogens (primary N) is 4. The molecule has 292 valence electrons. The predicted octanol–water partition coefficient (Wildman–Crippen LogP) is -2.23. The van der Waals surface area contributed by atoms with Crippen LogP contribution in [0.4, 0.5) is 22.7 Å². The van der Waals surface area contributed by atoms with Crippen LogP contribution in [0.5, 0.6) is 0 Å². The van der Waals surface area contributed by atoms with Gasteiger partial charge in [0.05, 0.1) is 35.6 Å². The van der Waals surface area contributed by atoms with Crippen molar-refractivity contribution in [3.05, 3.63) is 71.8 Å². The molecule has 4 aromatic rings. The van der Waals surface area contributed by atoms with Gasteiger partial charge in [-0.2, -0.15) is 0 Å². The molecule has 0 atom stereocenters. The van der Waals surface area contributed by atoms with E-state index in [-0.39, 0.29) is 79.0 Å². The molecule has 14 N–H and O–H groups in total. The zero-order valence-corrected chi connectivity index (χ0v) is 31.1. The van der Waals surface area contributed by atoms with Crippen LogP contribution in [0.1, 0.15) is 74.1 Å². The number of anilines is 4. The van der Waals surface area contributed by atoms with Crippen molar-refractivity contribution in [1.29, 1.82) is 0 Å². The van der Waals surface area contributed by atoms with Crippen molar-refractivity contribution < 1.29 is 39.6 Å². The summed E-state index contributed by atoms with van der Waals surface area (Å²) in [5.74, 6) is -1.90. The quantitative estimate of drug-likeness (QED) is 0.0390. The predicted molar refractivity (Wildman–Crippen MR) is 205 cm³/mol. The van der Waals surface area contributed by atoms with Gasteiger partial charge in [-0.3, -0.25) is 51.1 Å². The second kappa shape index (κ2) is 18.1. The van der Waals surface area contributed by atoms with Gasteiger partial charge in [0, 0.05) is 78.9 Å². The topological polar surface area (TPSA) is 298 Å². The standard InChI is InChI=1S/C35H46N14O6/c1-46-18-22(14-24(46)32(52)40-10-8-28(36)37)44-34(54)26-12-20(16-48(26)3)42-30(50)6-5-7-31(51)43-21-13-27(49(4)17-21)35(55)45-23-15-25(47(2)19-23)33(53)41-11-9-29(38)39/h12-19H,5-11H2,1-4H3,(H3,36,37)(H3,38,39)(H,40,52)(H,41,53)(H,42,50)(H,43,51)(H,44,54)(H,45,55)/p+2. The number of carbonyl (C=O) groups excluding carboxylic acids is 6. The minimum absolute atomic E-state index is 0.0354. The lowest BCUT2D eigenvalue weighted by Crippen LogP contribution is -2.47. The van der Waals surface area contributed by atoms with Gasteiger partial charge >= 0.3 is 0 Å². The molecular formula is C35H48N14O6+2. The van der Waals surface area contributed by atoms with E-state index in [4.69, 9.17) is 22.3 Å². The molecule has 20 heteroatoms. The summed E-state index contributed by atoms with van der Waals surface area (Å²) in [6.45, 7) is 0.539. The number of amidine groups is 2. The lowest BCUT2D eigenvalue weighted by molar-refractivity contribution is -0.118. The number of carbonyl (C=O) groups is 6. The van der Waals surface area contributed by atoms with Gasteiger partial charge in [0.15, 0.2) is 0 Å². The first-order chi connectivity index (χ1) is 26.0. The zero-order valence-electron chi connectivity index (χ0n) is 31.1. The highest BCUT2D eigenvalue weighted by molar-refractivity contribution is 6.06. The number of hydrogen-bond donors (Lipinski definition) is 10. The number of rotatable bonds is 18. The van der Waals surface area contributed by atoms with E-state index in [1.807, 2.05) is 0 Å². The molecule has 0 fully saturated rings. The van der Waals surface area contributed by atoms with Crippen LogP contribution in [0.3, 0.4) is 0 Å². The molecule has 0 aromatic carbocycles.